The summed E-state index contributed by atoms with van der Waals surface area (Å²) in [5.41, 5.74) is 8.09. The molecule has 2 aromatic heterocycles. The van der Waals surface area contributed by atoms with Crippen molar-refractivity contribution < 1.29 is 22.5 Å². The fourth-order valence-corrected chi connectivity index (χ4v) is 3.44. The molecule has 4 aromatic rings. The van der Waals surface area contributed by atoms with Gasteiger partial charge in [0.1, 0.15) is 6.54 Å². The summed E-state index contributed by atoms with van der Waals surface area (Å²) in [6.45, 7) is -1.32. The van der Waals surface area contributed by atoms with Crippen LogP contribution in [0.2, 0.25) is 0 Å². The van der Waals surface area contributed by atoms with Gasteiger partial charge in [0.05, 0.1) is 17.8 Å². The van der Waals surface area contributed by atoms with Crippen LogP contribution in [0, 0.1) is 0 Å². The van der Waals surface area contributed by atoms with E-state index in [9.17, 15) is 18.0 Å². The Hall–Kier alpha value is -4.02. The van der Waals surface area contributed by atoms with E-state index in [1.807, 2.05) is 31.1 Å². The highest BCUT2D eigenvalue weighted by Crippen LogP contribution is 2.32. The first-order valence-corrected chi connectivity index (χ1v) is 9.95. The number of fused-ring (bicyclic) bond motifs is 1. The minimum Gasteiger partial charge on any atom is -0.398 e. The summed E-state index contributed by atoms with van der Waals surface area (Å²) in [6.07, 6.45) is -4.46. The van der Waals surface area contributed by atoms with Crippen molar-refractivity contribution >= 4 is 28.2 Å². The van der Waals surface area contributed by atoms with Crippen LogP contribution < -0.4 is 16.0 Å². The maximum atomic E-state index is 13.2. The van der Waals surface area contributed by atoms with Gasteiger partial charge in [0.25, 0.3) is 5.91 Å². The summed E-state index contributed by atoms with van der Waals surface area (Å²) in [6, 6.07) is 13.2. The third-order valence-corrected chi connectivity index (χ3v) is 5.06. The van der Waals surface area contributed by atoms with Crippen molar-refractivity contribution in [2.45, 2.75) is 19.3 Å². The molecular weight excluding hydrogens is 437 g/mol. The Kier molecular flexibility index (Phi) is 5.71. The minimum atomic E-state index is -4.46. The zero-order chi connectivity index (χ0) is 23.8. The van der Waals surface area contributed by atoms with Gasteiger partial charge in [-0.3, -0.25) is 4.79 Å². The number of nitrogens with zero attached hydrogens (tertiary/aromatic N) is 4. The van der Waals surface area contributed by atoms with Gasteiger partial charge in [-0.2, -0.15) is 18.2 Å². The first-order chi connectivity index (χ1) is 15.6. The standard InChI is InChI=1S/C22H21F3N6O2/c1-30(2)14-8-6-13(7-9-14)21(32)27-11-19-28-20(29-33-19)18-10-15-16(26)4-3-5-17(15)31(18)12-22(23,24)25/h3-10H,11-12,26H2,1-2H3,(H,27,32). The molecule has 33 heavy (non-hydrogen) atoms. The van der Waals surface area contributed by atoms with E-state index in [1.54, 1.807) is 30.3 Å². The van der Waals surface area contributed by atoms with Gasteiger partial charge in [0.15, 0.2) is 0 Å². The highest BCUT2D eigenvalue weighted by Gasteiger charge is 2.31. The summed E-state index contributed by atoms with van der Waals surface area (Å²) in [4.78, 5) is 18.5. The van der Waals surface area contributed by atoms with E-state index in [4.69, 9.17) is 10.3 Å². The second kappa shape index (κ2) is 8.49. The summed E-state index contributed by atoms with van der Waals surface area (Å²) >= 11 is 0. The molecule has 172 valence electrons. The molecule has 0 aliphatic heterocycles. The zero-order valence-corrected chi connectivity index (χ0v) is 17.8. The second-order valence-electron chi connectivity index (χ2n) is 7.65. The maximum absolute atomic E-state index is 13.2. The number of amides is 1. The van der Waals surface area contributed by atoms with Crippen LogP contribution in [0.25, 0.3) is 22.4 Å². The molecule has 0 unspecified atom stereocenters. The largest absolute Gasteiger partial charge is 0.406 e. The molecule has 0 saturated heterocycles. The Bertz CT molecular complexity index is 1290. The molecule has 0 spiro atoms. The number of carbonyl (C=O) groups is 1. The molecule has 8 nitrogen and oxygen atoms in total. The van der Waals surface area contributed by atoms with Gasteiger partial charge in [-0.05, 0) is 42.5 Å². The SMILES string of the molecule is CN(C)c1ccc(C(=O)NCc2nc(-c3cc4c(N)cccc4n3CC(F)(F)F)no2)cc1. The van der Waals surface area contributed by atoms with Crippen molar-refractivity contribution in [3.63, 3.8) is 0 Å². The second-order valence-corrected chi connectivity index (χ2v) is 7.65. The van der Waals surface area contributed by atoms with Crippen LogP contribution in [0.15, 0.2) is 53.1 Å². The van der Waals surface area contributed by atoms with Gasteiger partial charge in [-0.25, -0.2) is 0 Å². The summed E-state index contributed by atoms with van der Waals surface area (Å²) in [5.74, 6) is -0.325. The number of hydrogen-bond donors (Lipinski definition) is 2. The fourth-order valence-electron chi connectivity index (χ4n) is 3.44. The van der Waals surface area contributed by atoms with Crippen molar-refractivity contribution in [3.8, 4) is 11.5 Å². The van der Waals surface area contributed by atoms with Gasteiger partial charge in [0.2, 0.25) is 11.7 Å². The summed E-state index contributed by atoms with van der Waals surface area (Å²) in [5, 5.41) is 6.93. The van der Waals surface area contributed by atoms with E-state index in [2.05, 4.69) is 15.5 Å². The minimum absolute atomic E-state index is 0.0329. The fraction of sp³-hybridized carbons (Fsp3) is 0.227. The first-order valence-electron chi connectivity index (χ1n) is 9.95. The monoisotopic (exact) mass is 458 g/mol. The average molecular weight is 458 g/mol. The number of nitrogens with one attached hydrogen (secondary N) is 1. The lowest BCUT2D eigenvalue weighted by atomic mass is 10.2. The topological polar surface area (TPSA) is 102 Å². The molecule has 0 fully saturated rings. The average Bonchev–Trinajstić information content (AvgIpc) is 3.37. The normalized spacial score (nSPS) is 11.7. The van der Waals surface area contributed by atoms with Gasteiger partial charge in [-0.15, -0.1) is 0 Å². The van der Waals surface area contributed by atoms with Gasteiger partial charge in [-0.1, -0.05) is 11.2 Å². The van der Waals surface area contributed by atoms with E-state index in [-0.39, 0.29) is 29.9 Å². The number of rotatable bonds is 6. The Morgan fingerprint density at radius 2 is 1.91 bits per heavy atom. The lowest BCUT2D eigenvalue weighted by Crippen LogP contribution is -2.23. The molecule has 3 N–H and O–H groups in total. The number of hydrogen-bond acceptors (Lipinski definition) is 6. The van der Waals surface area contributed by atoms with Crippen LogP contribution in [-0.4, -0.2) is 40.9 Å². The third kappa shape index (κ3) is 4.76. The molecule has 2 heterocycles. The number of alkyl halides is 3. The zero-order valence-electron chi connectivity index (χ0n) is 17.8. The molecule has 0 aliphatic carbocycles. The number of halogens is 3. The number of aromatic nitrogens is 3. The number of carbonyl (C=O) groups excluding carboxylic acids is 1. The Balaban J connectivity index is 1.55. The molecular formula is C22H21F3N6O2. The molecule has 1 amide bonds. The molecule has 4 rings (SSSR count). The smallest absolute Gasteiger partial charge is 0.398 e. The van der Waals surface area contributed by atoms with Crippen LogP contribution in [0.1, 0.15) is 16.2 Å². The lowest BCUT2D eigenvalue weighted by molar-refractivity contribution is -0.139. The van der Waals surface area contributed by atoms with Crippen LogP contribution in [-0.2, 0) is 13.1 Å². The van der Waals surface area contributed by atoms with E-state index < -0.39 is 12.7 Å². The number of nitrogens with two attached hydrogens (primary N) is 1. The Morgan fingerprint density at radius 3 is 2.58 bits per heavy atom. The molecule has 0 aliphatic rings. The predicted molar refractivity (Wildman–Crippen MR) is 118 cm³/mol. The Labute approximate surface area is 186 Å². The molecule has 0 radical (unpaired) electrons. The molecule has 0 atom stereocenters. The van der Waals surface area contributed by atoms with Gasteiger partial charge >= 0.3 is 6.18 Å². The van der Waals surface area contributed by atoms with E-state index in [0.29, 0.717) is 22.2 Å². The summed E-state index contributed by atoms with van der Waals surface area (Å²) < 4.78 is 45.9. The molecule has 0 bridgehead atoms. The van der Waals surface area contributed by atoms with Crippen LogP contribution >= 0.6 is 0 Å². The highest BCUT2D eigenvalue weighted by atomic mass is 19.4. The molecule has 11 heteroatoms. The number of anilines is 2. The van der Waals surface area contributed by atoms with E-state index >= 15 is 0 Å². The van der Waals surface area contributed by atoms with Gasteiger partial charge < -0.3 is 25.0 Å². The lowest BCUT2D eigenvalue weighted by Gasteiger charge is -2.12. The van der Waals surface area contributed by atoms with Crippen molar-refractivity contribution in [1.29, 1.82) is 0 Å². The first kappa shape index (κ1) is 22.2. The predicted octanol–water partition coefficient (Wildman–Crippen LogP) is 3.83. The van der Waals surface area contributed by atoms with Crippen molar-refractivity contribution in [1.82, 2.24) is 20.0 Å². The number of benzene rings is 2. The van der Waals surface area contributed by atoms with Crippen LogP contribution in [0.5, 0.6) is 0 Å². The van der Waals surface area contributed by atoms with E-state index in [0.717, 1.165) is 10.3 Å². The van der Waals surface area contributed by atoms with Crippen molar-refractivity contribution in [2.24, 2.45) is 0 Å². The quantitative estimate of drug-likeness (QED) is 0.426. The van der Waals surface area contributed by atoms with Crippen molar-refractivity contribution in [3.05, 3.63) is 60.0 Å². The Morgan fingerprint density at radius 1 is 1.18 bits per heavy atom. The van der Waals surface area contributed by atoms with Crippen molar-refractivity contribution in [2.75, 3.05) is 24.7 Å². The van der Waals surface area contributed by atoms with E-state index in [1.165, 1.54) is 6.07 Å². The number of nitrogen functional groups attached to an aromatic ring is 1. The summed E-state index contributed by atoms with van der Waals surface area (Å²) in [7, 11) is 3.79. The highest BCUT2D eigenvalue weighted by molar-refractivity contribution is 5.95. The van der Waals surface area contributed by atoms with Crippen LogP contribution in [0.3, 0.4) is 0 Å². The third-order valence-electron chi connectivity index (χ3n) is 5.06. The molecule has 0 saturated carbocycles. The molecule has 2 aromatic carbocycles. The maximum Gasteiger partial charge on any atom is 0.406 e. The van der Waals surface area contributed by atoms with Crippen LogP contribution in [0.4, 0.5) is 24.5 Å². The van der Waals surface area contributed by atoms with Gasteiger partial charge in [0, 0.05) is 36.4 Å².